The van der Waals surface area contributed by atoms with E-state index in [0.717, 1.165) is 11.3 Å². The van der Waals surface area contributed by atoms with E-state index in [-0.39, 0.29) is 5.91 Å². The summed E-state index contributed by atoms with van der Waals surface area (Å²) in [5.74, 6) is 1.13. The summed E-state index contributed by atoms with van der Waals surface area (Å²) in [5.41, 5.74) is 1.88. The molecular formula is C22H14Cl2N2O2S. The number of hydrogen-bond donors (Lipinski definition) is 1. The molecule has 1 aromatic heterocycles. The number of nitrogens with zero attached hydrogens (tertiary/aromatic N) is 1. The van der Waals surface area contributed by atoms with Crippen LogP contribution in [0, 0.1) is 0 Å². The SMILES string of the molecule is O=C(Nc1nc(-c2cc(Cl)ccc2Cl)cs1)c1ccc(Oc2ccccc2)cc1. The van der Waals surface area contributed by atoms with Gasteiger partial charge in [-0.25, -0.2) is 4.98 Å². The van der Waals surface area contributed by atoms with Gasteiger partial charge in [0.05, 0.1) is 10.7 Å². The van der Waals surface area contributed by atoms with E-state index in [9.17, 15) is 4.79 Å². The number of amides is 1. The first-order valence-electron chi connectivity index (χ1n) is 8.64. The second-order valence-electron chi connectivity index (χ2n) is 6.06. The lowest BCUT2D eigenvalue weighted by Crippen LogP contribution is -2.11. The number of para-hydroxylation sites is 1. The van der Waals surface area contributed by atoms with E-state index in [4.69, 9.17) is 27.9 Å². The van der Waals surface area contributed by atoms with Gasteiger partial charge in [-0.3, -0.25) is 10.1 Å². The fourth-order valence-corrected chi connectivity index (χ4v) is 3.71. The number of benzene rings is 3. The van der Waals surface area contributed by atoms with Crippen molar-refractivity contribution < 1.29 is 9.53 Å². The van der Waals surface area contributed by atoms with Crippen LogP contribution in [0.5, 0.6) is 11.5 Å². The first-order valence-corrected chi connectivity index (χ1v) is 10.3. The summed E-state index contributed by atoms with van der Waals surface area (Å²) in [6.45, 7) is 0. The summed E-state index contributed by atoms with van der Waals surface area (Å²) in [6, 6.07) is 21.5. The van der Waals surface area contributed by atoms with Crippen molar-refractivity contribution in [3.63, 3.8) is 0 Å². The number of ether oxygens (including phenoxy) is 1. The highest BCUT2D eigenvalue weighted by Gasteiger charge is 2.12. The molecule has 0 radical (unpaired) electrons. The first-order chi connectivity index (χ1) is 14.1. The Morgan fingerprint density at radius 3 is 2.41 bits per heavy atom. The van der Waals surface area contributed by atoms with Gasteiger partial charge >= 0.3 is 0 Å². The lowest BCUT2D eigenvalue weighted by molar-refractivity contribution is 0.102. The van der Waals surface area contributed by atoms with Gasteiger partial charge in [-0.15, -0.1) is 11.3 Å². The van der Waals surface area contributed by atoms with E-state index in [1.165, 1.54) is 11.3 Å². The van der Waals surface area contributed by atoms with Crippen LogP contribution in [0.1, 0.15) is 10.4 Å². The number of hydrogen-bond acceptors (Lipinski definition) is 4. The number of carbonyl (C=O) groups is 1. The summed E-state index contributed by atoms with van der Waals surface area (Å²) in [6.07, 6.45) is 0. The summed E-state index contributed by atoms with van der Waals surface area (Å²) < 4.78 is 5.74. The fourth-order valence-electron chi connectivity index (χ4n) is 2.62. The molecule has 4 nitrogen and oxygen atoms in total. The minimum absolute atomic E-state index is 0.255. The summed E-state index contributed by atoms with van der Waals surface area (Å²) in [4.78, 5) is 17.0. The van der Waals surface area contributed by atoms with Gasteiger partial charge in [-0.1, -0.05) is 41.4 Å². The Balaban J connectivity index is 1.44. The molecule has 0 saturated heterocycles. The number of carbonyl (C=O) groups excluding carboxylic acids is 1. The van der Waals surface area contributed by atoms with E-state index in [0.29, 0.717) is 32.2 Å². The van der Waals surface area contributed by atoms with Gasteiger partial charge in [0.1, 0.15) is 11.5 Å². The predicted molar refractivity (Wildman–Crippen MR) is 118 cm³/mol. The van der Waals surface area contributed by atoms with E-state index in [2.05, 4.69) is 10.3 Å². The van der Waals surface area contributed by atoms with Gasteiger partial charge in [-0.05, 0) is 54.6 Å². The molecule has 1 heterocycles. The largest absolute Gasteiger partial charge is 0.457 e. The van der Waals surface area contributed by atoms with Gasteiger partial charge in [0.15, 0.2) is 5.13 Å². The van der Waals surface area contributed by atoms with Crippen LogP contribution in [-0.2, 0) is 0 Å². The standard InChI is InChI=1S/C22H14Cl2N2O2S/c23-15-8-11-19(24)18(12-15)20-13-29-22(25-20)26-21(27)14-6-9-17(10-7-14)28-16-4-2-1-3-5-16/h1-13H,(H,25,26,27). The van der Waals surface area contributed by atoms with Gasteiger partial charge in [0, 0.05) is 21.5 Å². The number of halogens is 2. The van der Waals surface area contributed by atoms with Crippen molar-refractivity contribution in [2.45, 2.75) is 0 Å². The first kappa shape index (κ1) is 19.5. The summed E-state index contributed by atoms with van der Waals surface area (Å²) in [5, 5.41) is 6.22. The maximum atomic E-state index is 12.5. The van der Waals surface area contributed by atoms with Gasteiger partial charge in [0.2, 0.25) is 0 Å². The molecule has 1 N–H and O–H groups in total. The Morgan fingerprint density at radius 1 is 0.931 bits per heavy atom. The Morgan fingerprint density at radius 2 is 1.66 bits per heavy atom. The van der Waals surface area contributed by atoms with Crippen LogP contribution >= 0.6 is 34.5 Å². The molecule has 4 aromatic rings. The Kier molecular flexibility index (Phi) is 5.81. The van der Waals surface area contributed by atoms with Crippen molar-refractivity contribution in [1.29, 1.82) is 0 Å². The second kappa shape index (κ2) is 8.66. The molecule has 0 saturated carbocycles. The maximum absolute atomic E-state index is 12.5. The molecular weight excluding hydrogens is 427 g/mol. The Hall–Kier alpha value is -2.86. The smallest absolute Gasteiger partial charge is 0.257 e. The topological polar surface area (TPSA) is 51.2 Å². The van der Waals surface area contributed by atoms with Crippen LogP contribution in [-0.4, -0.2) is 10.9 Å². The molecule has 4 rings (SSSR count). The fraction of sp³-hybridized carbons (Fsp3) is 0. The third-order valence-electron chi connectivity index (χ3n) is 4.02. The quantitative estimate of drug-likeness (QED) is 0.358. The van der Waals surface area contributed by atoms with E-state index < -0.39 is 0 Å². The molecule has 0 aliphatic heterocycles. The summed E-state index contributed by atoms with van der Waals surface area (Å²) in [7, 11) is 0. The average Bonchev–Trinajstić information content (AvgIpc) is 3.19. The zero-order valence-corrected chi connectivity index (χ0v) is 17.3. The molecule has 0 bridgehead atoms. The average molecular weight is 441 g/mol. The predicted octanol–water partition coefficient (Wildman–Crippen LogP) is 7.16. The highest BCUT2D eigenvalue weighted by atomic mass is 35.5. The molecule has 1 amide bonds. The molecule has 0 spiro atoms. The third-order valence-corrected chi connectivity index (χ3v) is 5.35. The molecule has 0 atom stereocenters. The Labute approximate surface area is 181 Å². The highest BCUT2D eigenvalue weighted by Crippen LogP contribution is 2.32. The van der Waals surface area contributed by atoms with Crippen molar-refractivity contribution >= 4 is 45.6 Å². The molecule has 29 heavy (non-hydrogen) atoms. The zero-order chi connectivity index (χ0) is 20.2. The van der Waals surface area contributed by atoms with Crippen molar-refractivity contribution in [2.24, 2.45) is 0 Å². The molecule has 0 fully saturated rings. The molecule has 3 aromatic carbocycles. The van der Waals surface area contributed by atoms with Crippen LogP contribution in [0.2, 0.25) is 10.0 Å². The second-order valence-corrected chi connectivity index (χ2v) is 7.76. The lowest BCUT2D eigenvalue weighted by Gasteiger charge is -2.06. The number of nitrogens with one attached hydrogen (secondary N) is 1. The number of aromatic nitrogens is 1. The minimum atomic E-state index is -0.255. The summed E-state index contributed by atoms with van der Waals surface area (Å²) >= 11 is 13.6. The van der Waals surface area contributed by atoms with Crippen molar-refractivity contribution in [2.75, 3.05) is 5.32 Å². The zero-order valence-electron chi connectivity index (χ0n) is 14.9. The molecule has 0 aliphatic carbocycles. The molecule has 144 valence electrons. The number of rotatable bonds is 5. The lowest BCUT2D eigenvalue weighted by atomic mass is 10.2. The normalized spacial score (nSPS) is 10.6. The van der Waals surface area contributed by atoms with E-state index >= 15 is 0 Å². The Bertz CT molecular complexity index is 1150. The van der Waals surface area contributed by atoms with Gasteiger partial charge < -0.3 is 4.74 Å². The monoisotopic (exact) mass is 440 g/mol. The molecule has 0 aliphatic rings. The maximum Gasteiger partial charge on any atom is 0.257 e. The molecule has 0 unspecified atom stereocenters. The van der Waals surface area contributed by atoms with Crippen LogP contribution in [0.25, 0.3) is 11.3 Å². The third kappa shape index (κ3) is 4.77. The van der Waals surface area contributed by atoms with Crippen LogP contribution in [0.4, 0.5) is 5.13 Å². The number of anilines is 1. The van der Waals surface area contributed by atoms with Crippen molar-refractivity contribution in [1.82, 2.24) is 4.98 Å². The van der Waals surface area contributed by atoms with Crippen LogP contribution in [0.3, 0.4) is 0 Å². The number of thiazole rings is 1. The van der Waals surface area contributed by atoms with E-state index in [1.807, 2.05) is 35.7 Å². The van der Waals surface area contributed by atoms with Crippen molar-refractivity contribution in [3.8, 4) is 22.8 Å². The van der Waals surface area contributed by atoms with Gasteiger partial charge in [-0.2, -0.15) is 0 Å². The van der Waals surface area contributed by atoms with Crippen LogP contribution < -0.4 is 10.1 Å². The molecule has 7 heteroatoms. The van der Waals surface area contributed by atoms with Gasteiger partial charge in [0.25, 0.3) is 5.91 Å². The highest BCUT2D eigenvalue weighted by molar-refractivity contribution is 7.14. The van der Waals surface area contributed by atoms with E-state index in [1.54, 1.807) is 42.5 Å². The minimum Gasteiger partial charge on any atom is -0.457 e. The van der Waals surface area contributed by atoms with Crippen molar-refractivity contribution in [3.05, 3.63) is 93.8 Å². The van der Waals surface area contributed by atoms with Crippen LogP contribution in [0.15, 0.2) is 78.2 Å².